The van der Waals surface area contributed by atoms with Crippen LogP contribution in [0.2, 0.25) is 0 Å². The maximum Gasteiger partial charge on any atom is 0.163 e. The Kier molecular flexibility index (Phi) is 3.26. The van der Waals surface area contributed by atoms with Crippen LogP contribution in [-0.2, 0) is 0 Å². The molecule has 1 aliphatic heterocycles. The van der Waals surface area contributed by atoms with Gasteiger partial charge >= 0.3 is 0 Å². The van der Waals surface area contributed by atoms with E-state index in [2.05, 4.69) is 5.32 Å². The molecular formula is C17H16FNO. The number of rotatable bonds is 3. The van der Waals surface area contributed by atoms with Crippen molar-refractivity contribution in [3.05, 3.63) is 65.0 Å². The highest BCUT2D eigenvalue weighted by molar-refractivity contribution is 5.98. The molecule has 0 aromatic heterocycles. The Bertz CT molecular complexity index is 666. The van der Waals surface area contributed by atoms with E-state index in [4.69, 9.17) is 0 Å². The second kappa shape index (κ2) is 5.08. The number of fused-ring (bicyclic) bond motifs is 1. The summed E-state index contributed by atoms with van der Waals surface area (Å²) in [5.74, 6) is -0.184. The van der Waals surface area contributed by atoms with Gasteiger partial charge in [-0.25, -0.2) is 4.39 Å². The first-order valence-corrected chi connectivity index (χ1v) is 6.77. The predicted molar refractivity (Wildman–Crippen MR) is 77.8 cm³/mol. The van der Waals surface area contributed by atoms with Gasteiger partial charge in [0.05, 0.1) is 0 Å². The molecule has 3 rings (SSSR count). The normalized spacial score (nSPS) is 16.6. The van der Waals surface area contributed by atoms with E-state index in [0.29, 0.717) is 12.0 Å². The number of nitrogens with one attached hydrogen (secondary N) is 1. The minimum absolute atomic E-state index is 0.00510. The van der Waals surface area contributed by atoms with Crippen LogP contribution in [0.4, 0.5) is 10.1 Å². The van der Waals surface area contributed by atoms with Crippen molar-refractivity contribution in [3.8, 4) is 0 Å². The van der Waals surface area contributed by atoms with Gasteiger partial charge in [0.1, 0.15) is 5.82 Å². The number of carbonyl (C=O) groups excluding carboxylic acids is 1. The summed E-state index contributed by atoms with van der Waals surface area (Å²) in [5.41, 5.74) is 3.60. The summed E-state index contributed by atoms with van der Waals surface area (Å²) >= 11 is 0. The van der Waals surface area contributed by atoms with Crippen molar-refractivity contribution in [1.82, 2.24) is 0 Å². The first-order chi connectivity index (χ1) is 9.65. The molecule has 0 bridgehead atoms. The van der Waals surface area contributed by atoms with Gasteiger partial charge in [0.15, 0.2) is 5.78 Å². The molecule has 0 amide bonds. The van der Waals surface area contributed by atoms with Gasteiger partial charge in [-0.3, -0.25) is 4.79 Å². The number of hydrogen-bond acceptors (Lipinski definition) is 2. The number of benzene rings is 2. The summed E-state index contributed by atoms with van der Waals surface area (Å²) in [5, 5.41) is 3.31. The fourth-order valence-electron chi connectivity index (χ4n) is 2.77. The van der Waals surface area contributed by atoms with E-state index in [0.717, 1.165) is 17.8 Å². The van der Waals surface area contributed by atoms with Gasteiger partial charge in [-0.15, -0.1) is 0 Å². The Hall–Kier alpha value is -2.16. The zero-order valence-corrected chi connectivity index (χ0v) is 11.3. The average molecular weight is 269 g/mol. The molecule has 3 heteroatoms. The van der Waals surface area contributed by atoms with Crippen LogP contribution in [0.5, 0.6) is 0 Å². The van der Waals surface area contributed by atoms with Crippen LogP contribution < -0.4 is 5.32 Å². The van der Waals surface area contributed by atoms with Crippen molar-refractivity contribution in [2.75, 3.05) is 11.9 Å². The third-order valence-corrected chi connectivity index (χ3v) is 3.87. The first kappa shape index (κ1) is 12.9. The maximum absolute atomic E-state index is 13.3. The van der Waals surface area contributed by atoms with E-state index < -0.39 is 0 Å². The summed E-state index contributed by atoms with van der Waals surface area (Å²) in [6, 6.07) is 12.4. The van der Waals surface area contributed by atoms with Gasteiger partial charge in [-0.1, -0.05) is 24.3 Å². The van der Waals surface area contributed by atoms with Crippen molar-refractivity contribution in [2.24, 2.45) is 0 Å². The molecule has 102 valence electrons. The lowest BCUT2D eigenvalue weighted by atomic mass is 9.92. The molecule has 2 aromatic carbocycles. The number of carbonyl (C=O) groups is 1. The molecule has 1 aliphatic rings. The van der Waals surface area contributed by atoms with E-state index in [-0.39, 0.29) is 17.5 Å². The van der Waals surface area contributed by atoms with Crippen LogP contribution in [0.15, 0.2) is 42.5 Å². The third-order valence-electron chi connectivity index (χ3n) is 3.87. The molecule has 0 saturated carbocycles. The summed E-state index contributed by atoms with van der Waals surface area (Å²) in [6.45, 7) is 2.60. The van der Waals surface area contributed by atoms with Crippen molar-refractivity contribution in [3.63, 3.8) is 0 Å². The third kappa shape index (κ3) is 2.31. The largest absolute Gasteiger partial charge is 0.384 e. The van der Waals surface area contributed by atoms with E-state index >= 15 is 0 Å². The monoisotopic (exact) mass is 269 g/mol. The number of halogens is 1. The Labute approximate surface area is 117 Å². The zero-order valence-electron chi connectivity index (χ0n) is 11.3. The van der Waals surface area contributed by atoms with Crippen LogP contribution in [-0.4, -0.2) is 12.3 Å². The minimum atomic E-state index is -0.358. The number of aryl methyl sites for hydroxylation is 1. The van der Waals surface area contributed by atoms with Gasteiger partial charge < -0.3 is 5.32 Å². The Morgan fingerprint density at radius 2 is 2.10 bits per heavy atom. The molecule has 1 unspecified atom stereocenters. The van der Waals surface area contributed by atoms with E-state index in [9.17, 15) is 9.18 Å². The van der Waals surface area contributed by atoms with Crippen molar-refractivity contribution >= 4 is 11.5 Å². The topological polar surface area (TPSA) is 29.1 Å². The fraction of sp³-hybridized carbons (Fsp3) is 0.235. The van der Waals surface area contributed by atoms with Gasteiger partial charge in [0.25, 0.3) is 0 Å². The van der Waals surface area contributed by atoms with E-state index in [1.165, 1.54) is 17.7 Å². The van der Waals surface area contributed by atoms with Gasteiger partial charge in [-0.05, 0) is 36.2 Å². The van der Waals surface area contributed by atoms with Crippen LogP contribution in [0.3, 0.4) is 0 Å². The van der Waals surface area contributed by atoms with E-state index in [1.807, 2.05) is 31.2 Å². The summed E-state index contributed by atoms with van der Waals surface area (Å²) < 4.78 is 13.3. The molecule has 1 N–H and O–H groups in total. The highest BCUT2D eigenvalue weighted by atomic mass is 19.1. The molecule has 20 heavy (non-hydrogen) atoms. The second-order valence-corrected chi connectivity index (χ2v) is 5.25. The van der Waals surface area contributed by atoms with Crippen LogP contribution in [0.25, 0.3) is 0 Å². The van der Waals surface area contributed by atoms with Gasteiger partial charge in [-0.2, -0.15) is 0 Å². The van der Waals surface area contributed by atoms with Crippen LogP contribution in [0.1, 0.15) is 33.8 Å². The van der Waals surface area contributed by atoms with Gasteiger partial charge in [0.2, 0.25) is 0 Å². The summed E-state index contributed by atoms with van der Waals surface area (Å²) in [4.78, 5) is 12.4. The number of ketones is 1. The number of anilines is 1. The Morgan fingerprint density at radius 3 is 2.95 bits per heavy atom. The highest BCUT2D eigenvalue weighted by Gasteiger charge is 2.25. The smallest absolute Gasteiger partial charge is 0.163 e. The number of hydrogen-bond donors (Lipinski definition) is 1. The molecule has 2 aromatic rings. The summed E-state index contributed by atoms with van der Waals surface area (Å²) in [7, 11) is 0. The Morgan fingerprint density at radius 1 is 1.30 bits per heavy atom. The van der Waals surface area contributed by atoms with E-state index in [1.54, 1.807) is 6.07 Å². The lowest BCUT2D eigenvalue weighted by Gasteiger charge is -2.11. The van der Waals surface area contributed by atoms with Crippen molar-refractivity contribution in [1.29, 1.82) is 0 Å². The predicted octanol–water partition coefficient (Wildman–Crippen LogP) is 3.92. The molecule has 1 heterocycles. The number of Topliss-reactive ketones (excluding diaryl/α,β-unsaturated/α-hetero) is 1. The lowest BCUT2D eigenvalue weighted by molar-refractivity contribution is 0.0974. The average Bonchev–Trinajstić information content (AvgIpc) is 2.85. The molecule has 1 atom stereocenters. The molecule has 0 spiro atoms. The van der Waals surface area contributed by atoms with Crippen LogP contribution in [0, 0.1) is 12.7 Å². The lowest BCUT2D eigenvalue weighted by Crippen LogP contribution is -2.11. The SMILES string of the molecule is Cc1ccc(F)cc1C(=O)CC1CNc2ccccc21. The summed E-state index contributed by atoms with van der Waals surface area (Å²) in [6.07, 6.45) is 0.411. The van der Waals surface area contributed by atoms with Crippen molar-refractivity contribution in [2.45, 2.75) is 19.3 Å². The molecule has 0 saturated heterocycles. The molecule has 0 radical (unpaired) electrons. The quantitative estimate of drug-likeness (QED) is 0.856. The molecule has 0 fully saturated rings. The highest BCUT2D eigenvalue weighted by Crippen LogP contribution is 2.34. The van der Waals surface area contributed by atoms with Crippen LogP contribution >= 0.6 is 0 Å². The molecule has 2 nitrogen and oxygen atoms in total. The first-order valence-electron chi connectivity index (χ1n) is 6.77. The van der Waals surface area contributed by atoms with Gasteiger partial charge in [0, 0.05) is 30.1 Å². The zero-order chi connectivity index (χ0) is 14.1. The minimum Gasteiger partial charge on any atom is -0.384 e. The fourth-order valence-corrected chi connectivity index (χ4v) is 2.77. The number of para-hydroxylation sites is 1. The van der Waals surface area contributed by atoms with Crippen molar-refractivity contribution < 1.29 is 9.18 Å². The maximum atomic E-state index is 13.3. The Balaban J connectivity index is 1.82. The standard InChI is InChI=1S/C17H16FNO/c1-11-6-7-13(18)9-15(11)17(20)8-12-10-19-16-5-3-2-4-14(12)16/h2-7,9,12,19H,8,10H2,1H3. The molecular weight excluding hydrogens is 253 g/mol. The molecule has 0 aliphatic carbocycles. The second-order valence-electron chi connectivity index (χ2n) is 5.25.